The molecule has 1 unspecified atom stereocenters. The number of ether oxygens (including phenoxy) is 2. The summed E-state index contributed by atoms with van der Waals surface area (Å²) in [6.45, 7) is 3.86. The molecule has 0 saturated carbocycles. The smallest absolute Gasteiger partial charge is 0.305 e. The van der Waals surface area contributed by atoms with Gasteiger partial charge in [0.25, 0.3) is 0 Å². The van der Waals surface area contributed by atoms with Crippen molar-refractivity contribution in [2.75, 3.05) is 13.2 Å². The molecular formula is C26H50O3. The molecule has 3 nitrogen and oxygen atoms in total. The van der Waals surface area contributed by atoms with Crippen molar-refractivity contribution in [2.24, 2.45) is 0 Å². The van der Waals surface area contributed by atoms with Crippen molar-refractivity contribution in [1.82, 2.24) is 0 Å². The molecule has 1 atom stereocenters. The molecule has 0 radical (unpaired) electrons. The first-order valence-corrected chi connectivity index (χ1v) is 13.1. The lowest BCUT2D eigenvalue weighted by molar-refractivity contribution is -0.143. The first-order valence-electron chi connectivity index (χ1n) is 13.1. The first kappa shape index (κ1) is 26.5. The first-order chi connectivity index (χ1) is 14.3. The van der Waals surface area contributed by atoms with Gasteiger partial charge < -0.3 is 9.47 Å². The summed E-state index contributed by atoms with van der Waals surface area (Å²) < 4.78 is 10.5. The third kappa shape index (κ3) is 20.5. The topological polar surface area (TPSA) is 38.8 Å². The zero-order valence-electron chi connectivity index (χ0n) is 19.6. The van der Waals surface area contributed by atoms with Crippen LogP contribution in [0.15, 0.2) is 0 Å². The van der Waals surface area contributed by atoms with Crippen LogP contribution in [0.3, 0.4) is 0 Å². The van der Waals surface area contributed by atoms with Crippen LogP contribution in [0.4, 0.5) is 0 Å². The van der Waals surface area contributed by atoms with Gasteiger partial charge in [0.05, 0.1) is 19.3 Å². The standard InChI is InChI=1S/C26H50O3/c1-2-3-4-5-6-7-8-9-10-11-12-13-14-15-19-22-26(27)28-23-20-17-16-18-21-25-24-29-25/h25H,2-24H2,1H3. The van der Waals surface area contributed by atoms with Crippen LogP contribution >= 0.6 is 0 Å². The second-order valence-electron chi connectivity index (χ2n) is 9.08. The van der Waals surface area contributed by atoms with Gasteiger partial charge in [0.1, 0.15) is 0 Å². The third-order valence-electron chi connectivity index (χ3n) is 6.07. The number of unbranched alkanes of at least 4 members (excludes halogenated alkanes) is 17. The molecule has 0 aromatic carbocycles. The highest BCUT2D eigenvalue weighted by Gasteiger charge is 2.20. The summed E-state index contributed by atoms with van der Waals surface area (Å²) >= 11 is 0. The summed E-state index contributed by atoms with van der Waals surface area (Å²) in [6.07, 6.45) is 27.4. The van der Waals surface area contributed by atoms with Gasteiger partial charge >= 0.3 is 5.97 Å². The fourth-order valence-electron chi connectivity index (χ4n) is 3.96. The summed E-state index contributed by atoms with van der Waals surface area (Å²) in [5.74, 6) is 0.00562. The lowest BCUT2D eigenvalue weighted by Crippen LogP contribution is -2.05. The van der Waals surface area contributed by atoms with Crippen LogP contribution in [0.1, 0.15) is 142 Å². The molecule has 0 aliphatic carbocycles. The predicted octanol–water partition coefficient (Wildman–Crippen LogP) is 8.14. The van der Waals surface area contributed by atoms with Crippen molar-refractivity contribution >= 4 is 5.97 Å². The van der Waals surface area contributed by atoms with E-state index in [1.54, 1.807) is 0 Å². The average Bonchev–Trinajstić information content (AvgIpc) is 3.54. The molecule has 0 bridgehead atoms. The van der Waals surface area contributed by atoms with E-state index in [1.165, 1.54) is 116 Å². The van der Waals surface area contributed by atoms with E-state index in [2.05, 4.69) is 6.92 Å². The Labute approximate surface area is 181 Å². The van der Waals surface area contributed by atoms with Crippen molar-refractivity contribution < 1.29 is 14.3 Å². The van der Waals surface area contributed by atoms with E-state index in [0.717, 1.165) is 19.4 Å². The van der Waals surface area contributed by atoms with Crippen LogP contribution in [0, 0.1) is 0 Å². The Hall–Kier alpha value is -0.570. The Morgan fingerprint density at radius 3 is 1.66 bits per heavy atom. The second kappa shape index (κ2) is 20.7. The molecule has 29 heavy (non-hydrogen) atoms. The number of carbonyl (C=O) groups excluding carboxylic acids is 1. The highest BCUT2D eigenvalue weighted by Crippen LogP contribution is 2.17. The van der Waals surface area contributed by atoms with Crippen molar-refractivity contribution in [3.63, 3.8) is 0 Å². The molecule has 1 rings (SSSR count). The van der Waals surface area contributed by atoms with Gasteiger partial charge in [-0.3, -0.25) is 4.79 Å². The molecular weight excluding hydrogens is 360 g/mol. The maximum absolute atomic E-state index is 11.7. The van der Waals surface area contributed by atoms with Crippen molar-refractivity contribution in [3.8, 4) is 0 Å². The van der Waals surface area contributed by atoms with Gasteiger partial charge in [0, 0.05) is 6.42 Å². The quantitative estimate of drug-likeness (QED) is 0.0969. The van der Waals surface area contributed by atoms with E-state index >= 15 is 0 Å². The highest BCUT2D eigenvalue weighted by molar-refractivity contribution is 5.69. The van der Waals surface area contributed by atoms with Gasteiger partial charge in [-0.15, -0.1) is 0 Å². The van der Waals surface area contributed by atoms with E-state index in [0.29, 0.717) is 19.1 Å². The van der Waals surface area contributed by atoms with Gasteiger partial charge in [0.2, 0.25) is 0 Å². The minimum absolute atomic E-state index is 0.00562. The molecule has 0 aromatic heterocycles. The number of epoxide rings is 1. The zero-order valence-corrected chi connectivity index (χ0v) is 19.6. The molecule has 1 saturated heterocycles. The fraction of sp³-hybridized carbons (Fsp3) is 0.962. The number of carbonyl (C=O) groups is 1. The van der Waals surface area contributed by atoms with E-state index in [9.17, 15) is 4.79 Å². The normalized spacial score (nSPS) is 15.6. The summed E-state index contributed by atoms with van der Waals surface area (Å²) in [6, 6.07) is 0. The Bertz CT molecular complexity index is 352. The van der Waals surface area contributed by atoms with Gasteiger partial charge in [-0.1, -0.05) is 116 Å². The minimum Gasteiger partial charge on any atom is -0.466 e. The maximum Gasteiger partial charge on any atom is 0.305 e. The summed E-state index contributed by atoms with van der Waals surface area (Å²) in [4.78, 5) is 11.7. The molecule has 3 heteroatoms. The number of hydrogen-bond acceptors (Lipinski definition) is 3. The summed E-state index contributed by atoms with van der Waals surface area (Å²) in [5, 5.41) is 0. The lowest BCUT2D eigenvalue weighted by Gasteiger charge is -2.05. The second-order valence-corrected chi connectivity index (χ2v) is 9.08. The van der Waals surface area contributed by atoms with Gasteiger partial charge in [0.15, 0.2) is 0 Å². The summed E-state index contributed by atoms with van der Waals surface area (Å²) in [7, 11) is 0. The van der Waals surface area contributed by atoms with Crippen LogP contribution in [0.25, 0.3) is 0 Å². The summed E-state index contributed by atoms with van der Waals surface area (Å²) in [5.41, 5.74) is 0. The molecule has 0 spiro atoms. The Morgan fingerprint density at radius 2 is 1.14 bits per heavy atom. The van der Waals surface area contributed by atoms with E-state index in [4.69, 9.17) is 9.47 Å². The third-order valence-corrected chi connectivity index (χ3v) is 6.07. The van der Waals surface area contributed by atoms with Crippen LogP contribution in [-0.2, 0) is 14.3 Å². The van der Waals surface area contributed by atoms with Crippen LogP contribution in [0.5, 0.6) is 0 Å². The monoisotopic (exact) mass is 410 g/mol. The van der Waals surface area contributed by atoms with Gasteiger partial charge in [-0.25, -0.2) is 0 Å². The van der Waals surface area contributed by atoms with Crippen molar-refractivity contribution in [3.05, 3.63) is 0 Å². The number of hydrogen-bond donors (Lipinski definition) is 0. The van der Waals surface area contributed by atoms with Crippen molar-refractivity contribution in [1.29, 1.82) is 0 Å². The number of rotatable bonds is 23. The molecule has 172 valence electrons. The van der Waals surface area contributed by atoms with E-state index < -0.39 is 0 Å². The van der Waals surface area contributed by atoms with Gasteiger partial charge in [-0.05, 0) is 19.3 Å². The molecule has 0 amide bonds. The van der Waals surface area contributed by atoms with E-state index in [-0.39, 0.29) is 5.97 Å². The molecule has 1 aliphatic heterocycles. The van der Waals surface area contributed by atoms with Crippen LogP contribution in [-0.4, -0.2) is 25.3 Å². The molecule has 0 N–H and O–H groups in total. The Morgan fingerprint density at radius 1 is 0.690 bits per heavy atom. The van der Waals surface area contributed by atoms with E-state index in [1.807, 2.05) is 0 Å². The average molecular weight is 411 g/mol. The molecule has 1 heterocycles. The van der Waals surface area contributed by atoms with Crippen LogP contribution < -0.4 is 0 Å². The molecule has 1 aliphatic rings. The Kier molecular flexibility index (Phi) is 18.9. The van der Waals surface area contributed by atoms with Crippen molar-refractivity contribution in [2.45, 2.75) is 148 Å². The lowest BCUT2D eigenvalue weighted by atomic mass is 10.0. The maximum atomic E-state index is 11.7. The SMILES string of the molecule is CCCCCCCCCCCCCCCCCC(=O)OCCCCCCC1CO1. The van der Waals surface area contributed by atoms with Crippen LogP contribution in [0.2, 0.25) is 0 Å². The Balaban J connectivity index is 1.66. The largest absolute Gasteiger partial charge is 0.466 e. The number of esters is 1. The van der Waals surface area contributed by atoms with Gasteiger partial charge in [-0.2, -0.15) is 0 Å². The molecule has 1 fully saturated rings. The zero-order chi connectivity index (χ0) is 20.8. The predicted molar refractivity (Wildman–Crippen MR) is 123 cm³/mol. The molecule has 0 aromatic rings. The highest BCUT2D eigenvalue weighted by atomic mass is 16.6. The minimum atomic E-state index is 0.00562. The fourth-order valence-corrected chi connectivity index (χ4v) is 3.96.